The van der Waals surface area contributed by atoms with Crippen molar-refractivity contribution in [3.63, 3.8) is 0 Å². The standard InChI is InChI=1S/C14H9FN/c15-12-6-2-4-8-14(12)16-10-9-11-5-1-3-7-13(11)16/h2-10H. The summed E-state index contributed by atoms with van der Waals surface area (Å²) in [5, 5.41) is 1.06. The van der Waals surface area contributed by atoms with Crippen molar-refractivity contribution in [1.82, 2.24) is 4.57 Å². The second-order valence-electron chi connectivity index (χ2n) is 3.62. The third kappa shape index (κ3) is 1.31. The highest BCUT2D eigenvalue weighted by atomic mass is 19.1. The molecule has 0 fully saturated rings. The fraction of sp³-hybridized carbons (Fsp3) is 0. The number of hydrogen-bond donors (Lipinski definition) is 0. The fourth-order valence-corrected chi connectivity index (χ4v) is 1.88. The molecule has 0 aliphatic heterocycles. The maximum Gasteiger partial charge on any atom is 0.147 e. The summed E-state index contributed by atoms with van der Waals surface area (Å²) >= 11 is 0. The van der Waals surface area contributed by atoms with Crippen molar-refractivity contribution >= 4 is 10.9 Å². The van der Waals surface area contributed by atoms with Gasteiger partial charge in [0.15, 0.2) is 0 Å². The van der Waals surface area contributed by atoms with Crippen molar-refractivity contribution in [2.75, 3.05) is 0 Å². The molecule has 0 saturated carbocycles. The molecule has 0 aliphatic carbocycles. The van der Waals surface area contributed by atoms with Gasteiger partial charge in [-0.25, -0.2) is 4.39 Å². The van der Waals surface area contributed by atoms with Crippen LogP contribution in [-0.2, 0) is 0 Å². The van der Waals surface area contributed by atoms with Crippen molar-refractivity contribution in [3.8, 4) is 5.69 Å². The molecular formula is C14H9FN. The molecule has 0 saturated heterocycles. The number of aromatic nitrogens is 1. The zero-order valence-corrected chi connectivity index (χ0v) is 8.52. The van der Waals surface area contributed by atoms with Crippen molar-refractivity contribution < 1.29 is 4.39 Å². The van der Waals surface area contributed by atoms with Gasteiger partial charge in [0.05, 0.1) is 11.2 Å². The minimum atomic E-state index is -0.215. The first-order chi connectivity index (χ1) is 7.86. The molecule has 3 rings (SSSR count). The maximum atomic E-state index is 13.7. The van der Waals surface area contributed by atoms with Crippen LogP contribution in [0.25, 0.3) is 16.6 Å². The van der Waals surface area contributed by atoms with Crippen LogP contribution >= 0.6 is 0 Å². The molecule has 2 aromatic carbocycles. The van der Waals surface area contributed by atoms with Crippen molar-refractivity contribution in [2.45, 2.75) is 0 Å². The van der Waals surface area contributed by atoms with Crippen LogP contribution in [-0.4, -0.2) is 4.57 Å². The Labute approximate surface area is 92.8 Å². The second-order valence-corrected chi connectivity index (χ2v) is 3.62. The Kier molecular flexibility index (Phi) is 2.00. The van der Waals surface area contributed by atoms with E-state index in [1.54, 1.807) is 12.1 Å². The lowest BCUT2D eigenvalue weighted by Crippen LogP contribution is -1.94. The van der Waals surface area contributed by atoms with E-state index in [9.17, 15) is 4.39 Å². The molecule has 0 amide bonds. The smallest absolute Gasteiger partial charge is 0.147 e. The number of fused-ring (bicyclic) bond motifs is 1. The molecule has 1 radical (unpaired) electrons. The van der Waals surface area contributed by atoms with Crippen LogP contribution in [0.2, 0.25) is 0 Å². The predicted molar refractivity (Wildman–Crippen MR) is 62.1 cm³/mol. The zero-order chi connectivity index (χ0) is 11.0. The van der Waals surface area contributed by atoms with Crippen LogP contribution in [0.4, 0.5) is 4.39 Å². The summed E-state index contributed by atoms with van der Waals surface area (Å²) in [5.74, 6) is -0.215. The summed E-state index contributed by atoms with van der Waals surface area (Å²) in [6, 6.07) is 17.4. The van der Waals surface area contributed by atoms with E-state index < -0.39 is 0 Å². The van der Waals surface area contributed by atoms with Gasteiger partial charge in [-0.2, -0.15) is 0 Å². The van der Waals surface area contributed by atoms with Gasteiger partial charge in [0, 0.05) is 11.6 Å². The molecule has 77 valence electrons. The van der Waals surface area contributed by atoms with Crippen molar-refractivity contribution in [2.24, 2.45) is 0 Å². The Balaban J connectivity index is 2.31. The number of benzene rings is 2. The first-order valence-electron chi connectivity index (χ1n) is 5.08. The largest absolute Gasteiger partial charge is 0.314 e. The Hall–Kier alpha value is -2.09. The van der Waals surface area contributed by atoms with Gasteiger partial charge in [-0.15, -0.1) is 0 Å². The minimum absolute atomic E-state index is 0.215. The molecule has 0 atom stereocenters. The molecular weight excluding hydrogens is 201 g/mol. The van der Waals surface area contributed by atoms with E-state index in [0.29, 0.717) is 5.69 Å². The second kappa shape index (κ2) is 3.49. The SMILES string of the molecule is Fc1ccccc1-n1ccc2c[c]ccc21. The van der Waals surface area contributed by atoms with E-state index in [1.165, 1.54) is 6.07 Å². The topological polar surface area (TPSA) is 4.93 Å². The summed E-state index contributed by atoms with van der Waals surface area (Å²) in [6.45, 7) is 0. The van der Waals surface area contributed by atoms with E-state index >= 15 is 0 Å². The van der Waals surface area contributed by atoms with Crippen LogP contribution in [0.3, 0.4) is 0 Å². The van der Waals surface area contributed by atoms with Crippen molar-refractivity contribution in [3.05, 3.63) is 66.6 Å². The lowest BCUT2D eigenvalue weighted by molar-refractivity contribution is 0.620. The molecule has 16 heavy (non-hydrogen) atoms. The summed E-state index contributed by atoms with van der Waals surface area (Å²) in [7, 11) is 0. The van der Waals surface area contributed by atoms with Gasteiger partial charge in [0.2, 0.25) is 0 Å². The lowest BCUT2D eigenvalue weighted by Gasteiger charge is -2.05. The average molecular weight is 210 g/mol. The first-order valence-corrected chi connectivity index (χ1v) is 5.08. The molecule has 0 spiro atoms. The fourth-order valence-electron chi connectivity index (χ4n) is 1.88. The molecule has 0 aliphatic rings. The first kappa shape index (κ1) is 9.16. The summed E-state index contributed by atoms with van der Waals surface area (Å²) in [4.78, 5) is 0. The Bertz CT molecular complexity index is 640. The number of hydrogen-bond acceptors (Lipinski definition) is 0. The normalized spacial score (nSPS) is 10.8. The number of halogens is 1. The van der Waals surface area contributed by atoms with E-state index in [2.05, 4.69) is 6.07 Å². The van der Waals surface area contributed by atoms with Crippen LogP contribution in [0, 0.1) is 11.9 Å². The van der Waals surface area contributed by atoms with Gasteiger partial charge < -0.3 is 4.57 Å². The van der Waals surface area contributed by atoms with Gasteiger partial charge in [-0.3, -0.25) is 0 Å². The van der Waals surface area contributed by atoms with Crippen LogP contribution in [0.1, 0.15) is 0 Å². The monoisotopic (exact) mass is 210 g/mol. The number of para-hydroxylation sites is 1. The third-order valence-corrected chi connectivity index (χ3v) is 2.65. The minimum Gasteiger partial charge on any atom is -0.314 e. The van der Waals surface area contributed by atoms with Gasteiger partial charge >= 0.3 is 0 Å². The lowest BCUT2D eigenvalue weighted by atomic mass is 10.2. The highest BCUT2D eigenvalue weighted by Crippen LogP contribution is 2.21. The van der Waals surface area contributed by atoms with Gasteiger partial charge in [-0.05, 0) is 36.4 Å². The molecule has 0 bridgehead atoms. The quantitative estimate of drug-likeness (QED) is 0.578. The van der Waals surface area contributed by atoms with Crippen LogP contribution in [0.15, 0.2) is 54.7 Å². The number of rotatable bonds is 1. The predicted octanol–water partition coefficient (Wildman–Crippen LogP) is 3.57. The summed E-state index contributed by atoms with van der Waals surface area (Å²) in [6.07, 6.45) is 1.87. The molecule has 0 unspecified atom stereocenters. The third-order valence-electron chi connectivity index (χ3n) is 2.65. The van der Waals surface area contributed by atoms with E-state index in [0.717, 1.165) is 10.9 Å². The van der Waals surface area contributed by atoms with E-state index in [4.69, 9.17) is 0 Å². The highest BCUT2D eigenvalue weighted by molar-refractivity contribution is 5.81. The maximum absolute atomic E-state index is 13.7. The van der Waals surface area contributed by atoms with Gasteiger partial charge in [0.1, 0.15) is 5.82 Å². The molecule has 0 N–H and O–H groups in total. The molecule has 1 nitrogen and oxygen atoms in total. The molecule has 2 heteroatoms. The summed E-state index contributed by atoms with van der Waals surface area (Å²) < 4.78 is 15.5. The van der Waals surface area contributed by atoms with Gasteiger partial charge in [0.25, 0.3) is 0 Å². The molecule has 3 aromatic rings. The molecule has 1 heterocycles. The summed E-state index contributed by atoms with van der Waals surface area (Å²) in [5.41, 5.74) is 1.56. The Morgan fingerprint density at radius 1 is 1.06 bits per heavy atom. The van der Waals surface area contributed by atoms with E-state index in [-0.39, 0.29) is 5.82 Å². The van der Waals surface area contributed by atoms with Crippen LogP contribution in [0.5, 0.6) is 0 Å². The zero-order valence-electron chi connectivity index (χ0n) is 8.52. The molecule has 1 aromatic heterocycles. The Morgan fingerprint density at radius 2 is 1.94 bits per heavy atom. The number of nitrogens with zero attached hydrogens (tertiary/aromatic N) is 1. The van der Waals surface area contributed by atoms with Crippen LogP contribution < -0.4 is 0 Å². The van der Waals surface area contributed by atoms with Gasteiger partial charge in [-0.1, -0.05) is 18.2 Å². The average Bonchev–Trinajstić information content (AvgIpc) is 2.74. The Morgan fingerprint density at radius 3 is 2.81 bits per heavy atom. The van der Waals surface area contributed by atoms with E-state index in [1.807, 2.05) is 41.1 Å². The van der Waals surface area contributed by atoms with Crippen molar-refractivity contribution in [1.29, 1.82) is 0 Å². The highest BCUT2D eigenvalue weighted by Gasteiger charge is 2.05.